The van der Waals surface area contributed by atoms with Crippen LogP contribution in [0.15, 0.2) is 0 Å². The highest BCUT2D eigenvalue weighted by Gasteiger charge is 2.32. The van der Waals surface area contributed by atoms with Gasteiger partial charge < -0.3 is 10.5 Å². The van der Waals surface area contributed by atoms with Crippen LogP contribution in [-0.4, -0.2) is 18.2 Å². The lowest BCUT2D eigenvalue weighted by atomic mass is 9.90. The van der Waals surface area contributed by atoms with Crippen molar-refractivity contribution < 1.29 is 4.74 Å². The van der Waals surface area contributed by atoms with Gasteiger partial charge in [0.25, 0.3) is 0 Å². The molecule has 0 bridgehead atoms. The highest BCUT2D eigenvalue weighted by atomic mass is 16.5. The molecule has 2 aliphatic rings. The van der Waals surface area contributed by atoms with Crippen molar-refractivity contribution in [2.24, 2.45) is 5.73 Å². The Labute approximate surface area is 55.4 Å². The minimum absolute atomic E-state index is 0.439. The van der Waals surface area contributed by atoms with Crippen LogP contribution in [0.1, 0.15) is 25.7 Å². The molecule has 2 N–H and O–H groups in total. The molecule has 2 aliphatic carbocycles. The summed E-state index contributed by atoms with van der Waals surface area (Å²) in [5.74, 6) is 0. The summed E-state index contributed by atoms with van der Waals surface area (Å²) < 4.78 is 5.59. The minimum atomic E-state index is 0.439. The molecule has 0 aromatic heterocycles. The smallest absolute Gasteiger partial charge is 0.0608 e. The summed E-state index contributed by atoms with van der Waals surface area (Å²) in [6.07, 6.45) is 5.89. The fraction of sp³-hybridized carbons (Fsp3) is 1.00. The van der Waals surface area contributed by atoms with Crippen molar-refractivity contribution in [2.75, 3.05) is 0 Å². The zero-order chi connectivity index (χ0) is 6.27. The Balaban J connectivity index is 1.64. The molecule has 0 heterocycles. The first kappa shape index (κ1) is 5.69. The van der Waals surface area contributed by atoms with Gasteiger partial charge in [0.05, 0.1) is 12.2 Å². The van der Waals surface area contributed by atoms with E-state index in [9.17, 15) is 0 Å². The molecule has 0 aromatic carbocycles. The third kappa shape index (κ3) is 1.25. The molecule has 0 amide bonds. The standard InChI is InChI=1S/C7H13NO/c8-5-3-7(4-5)9-6-1-2-6/h5-7H,1-4,8H2. The van der Waals surface area contributed by atoms with E-state index in [1.807, 2.05) is 0 Å². The van der Waals surface area contributed by atoms with Crippen LogP contribution in [0.2, 0.25) is 0 Å². The summed E-state index contributed by atoms with van der Waals surface area (Å²) in [5, 5.41) is 0. The molecule has 2 fully saturated rings. The molecule has 0 unspecified atom stereocenters. The fourth-order valence-electron chi connectivity index (χ4n) is 1.19. The maximum absolute atomic E-state index is 5.59. The van der Waals surface area contributed by atoms with Gasteiger partial charge in [-0.05, 0) is 25.7 Å². The van der Waals surface area contributed by atoms with E-state index in [1.54, 1.807) is 0 Å². The maximum atomic E-state index is 5.59. The maximum Gasteiger partial charge on any atom is 0.0608 e. The Bertz CT molecular complexity index is 105. The van der Waals surface area contributed by atoms with Crippen molar-refractivity contribution in [1.82, 2.24) is 0 Å². The van der Waals surface area contributed by atoms with Gasteiger partial charge in [-0.1, -0.05) is 0 Å². The number of rotatable bonds is 2. The van der Waals surface area contributed by atoms with E-state index in [0.29, 0.717) is 18.2 Å². The fourth-order valence-corrected chi connectivity index (χ4v) is 1.19. The van der Waals surface area contributed by atoms with Crippen molar-refractivity contribution in [2.45, 2.75) is 43.9 Å². The van der Waals surface area contributed by atoms with Crippen molar-refractivity contribution >= 4 is 0 Å². The summed E-state index contributed by atoms with van der Waals surface area (Å²) in [5.41, 5.74) is 5.59. The molecule has 0 atom stereocenters. The van der Waals surface area contributed by atoms with E-state index >= 15 is 0 Å². The molecule has 0 spiro atoms. The van der Waals surface area contributed by atoms with Crippen LogP contribution >= 0.6 is 0 Å². The van der Waals surface area contributed by atoms with Crippen molar-refractivity contribution in [3.63, 3.8) is 0 Å². The van der Waals surface area contributed by atoms with Gasteiger partial charge in [-0.25, -0.2) is 0 Å². The average Bonchev–Trinajstić information content (AvgIpc) is 2.45. The van der Waals surface area contributed by atoms with Crippen molar-refractivity contribution in [3.05, 3.63) is 0 Å². The second kappa shape index (κ2) is 1.96. The van der Waals surface area contributed by atoms with Gasteiger partial charge in [0, 0.05) is 6.04 Å². The van der Waals surface area contributed by atoms with Gasteiger partial charge in [-0.2, -0.15) is 0 Å². The van der Waals surface area contributed by atoms with E-state index in [-0.39, 0.29) is 0 Å². The van der Waals surface area contributed by atoms with E-state index in [0.717, 1.165) is 12.8 Å². The minimum Gasteiger partial charge on any atom is -0.375 e. The largest absolute Gasteiger partial charge is 0.375 e. The van der Waals surface area contributed by atoms with Crippen LogP contribution in [-0.2, 0) is 4.74 Å². The van der Waals surface area contributed by atoms with Gasteiger partial charge in [-0.3, -0.25) is 0 Å². The van der Waals surface area contributed by atoms with Crippen LogP contribution in [0.4, 0.5) is 0 Å². The molecule has 0 radical (unpaired) electrons. The molecule has 2 nitrogen and oxygen atoms in total. The molecule has 0 saturated heterocycles. The average molecular weight is 127 g/mol. The van der Waals surface area contributed by atoms with Gasteiger partial charge in [-0.15, -0.1) is 0 Å². The Morgan fingerprint density at radius 3 is 2.22 bits per heavy atom. The molecular formula is C7H13NO. The molecular weight excluding hydrogens is 114 g/mol. The highest BCUT2D eigenvalue weighted by Crippen LogP contribution is 2.31. The molecule has 2 heteroatoms. The normalized spacial score (nSPS) is 42.3. The lowest BCUT2D eigenvalue weighted by molar-refractivity contribution is -0.0190. The Hall–Kier alpha value is -0.0800. The molecule has 9 heavy (non-hydrogen) atoms. The summed E-state index contributed by atoms with van der Waals surface area (Å²) in [7, 11) is 0. The van der Waals surface area contributed by atoms with Crippen LogP contribution < -0.4 is 5.73 Å². The lowest BCUT2D eigenvalue weighted by Crippen LogP contribution is -2.41. The summed E-state index contributed by atoms with van der Waals surface area (Å²) in [6, 6.07) is 0.439. The van der Waals surface area contributed by atoms with Crippen molar-refractivity contribution in [1.29, 1.82) is 0 Å². The predicted molar refractivity (Wildman–Crippen MR) is 35.1 cm³/mol. The summed E-state index contributed by atoms with van der Waals surface area (Å²) in [4.78, 5) is 0. The van der Waals surface area contributed by atoms with Crippen LogP contribution in [0.3, 0.4) is 0 Å². The Morgan fingerprint density at radius 1 is 1.11 bits per heavy atom. The Kier molecular flexibility index (Phi) is 1.24. The van der Waals surface area contributed by atoms with Gasteiger partial charge in [0.15, 0.2) is 0 Å². The monoisotopic (exact) mass is 127 g/mol. The van der Waals surface area contributed by atoms with E-state index in [1.165, 1.54) is 12.8 Å². The number of nitrogens with two attached hydrogens (primary N) is 1. The lowest BCUT2D eigenvalue weighted by Gasteiger charge is -2.32. The quantitative estimate of drug-likeness (QED) is 0.591. The van der Waals surface area contributed by atoms with Gasteiger partial charge in [0.2, 0.25) is 0 Å². The SMILES string of the molecule is NC1CC(OC2CC2)C1. The van der Waals surface area contributed by atoms with E-state index in [4.69, 9.17) is 10.5 Å². The number of hydrogen-bond donors (Lipinski definition) is 1. The molecule has 2 rings (SSSR count). The highest BCUT2D eigenvalue weighted by molar-refractivity contribution is 4.86. The molecule has 0 aliphatic heterocycles. The first-order valence-corrected chi connectivity index (χ1v) is 3.75. The van der Waals surface area contributed by atoms with E-state index < -0.39 is 0 Å². The van der Waals surface area contributed by atoms with Crippen LogP contribution in [0, 0.1) is 0 Å². The van der Waals surface area contributed by atoms with Gasteiger partial charge in [0.1, 0.15) is 0 Å². The zero-order valence-corrected chi connectivity index (χ0v) is 5.55. The zero-order valence-electron chi connectivity index (χ0n) is 5.55. The molecule has 52 valence electrons. The summed E-state index contributed by atoms with van der Waals surface area (Å²) in [6.45, 7) is 0. The second-order valence-electron chi connectivity index (χ2n) is 3.19. The van der Waals surface area contributed by atoms with Crippen LogP contribution in [0.25, 0.3) is 0 Å². The third-order valence-electron chi connectivity index (χ3n) is 2.04. The molecule has 0 aromatic rings. The number of ether oxygens (including phenoxy) is 1. The number of hydrogen-bond acceptors (Lipinski definition) is 2. The van der Waals surface area contributed by atoms with Crippen molar-refractivity contribution in [3.8, 4) is 0 Å². The third-order valence-corrected chi connectivity index (χ3v) is 2.04. The second-order valence-corrected chi connectivity index (χ2v) is 3.19. The first-order valence-electron chi connectivity index (χ1n) is 3.75. The summed E-state index contributed by atoms with van der Waals surface area (Å²) >= 11 is 0. The Morgan fingerprint density at radius 2 is 1.78 bits per heavy atom. The van der Waals surface area contributed by atoms with Gasteiger partial charge >= 0.3 is 0 Å². The first-order chi connectivity index (χ1) is 4.34. The molecule has 2 saturated carbocycles. The topological polar surface area (TPSA) is 35.2 Å². The van der Waals surface area contributed by atoms with Crippen LogP contribution in [0.5, 0.6) is 0 Å². The van der Waals surface area contributed by atoms with E-state index in [2.05, 4.69) is 0 Å². The predicted octanol–water partition coefficient (Wildman–Crippen LogP) is 0.655.